The minimum Gasteiger partial charge on any atom is -0.394 e. The fourth-order valence-electron chi connectivity index (χ4n) is 5.35. The Morgan fingerprint density at radius 3 is 1.34 bits per heavy atom. The summed E-state index contributed by atoms with van der Waals surface area (Å²) in [5.74, 6) is -0.0742. The summed E-state index contributed by atoms with van der Waals surface area (Å²) in [5.41, 5.74) is 0. The van der Waals surface area contributed by atoms with E-state index in [0.717, 1.165) is 32.1 Å². The molecule has 4 heteroatoms. The normalized spacial score (nSPS) is 13.4. The molecular formula is C37H71NO3. The first-order valence-electron chi connectivity index (χ1n) is 18.1. The molecule has 0 saturated carbocycles. The van der Waals surface area contributed by atoms with E-state index >= 15 is 0 Å². The quantitative estimate of drug-likeness (QED) is 0.0550. The number of amides is 1. The molecule has 0 fully saturated rings. The SMILES string of the molecule is CCCCCCC/C=C/CCCCCCCC(=O)N[C@@H](CO)[C@H](O)/C=C/CCCCCCCCCCCCCCC. The van der Waals surface area contributed by atoms with Gasteiger partial charge in [0, 0.05) is 6.42 Å². The number of allylic oxidation sites excluding steroid dienone is 3. The largest absolute Gasteiger partial charge is 0.394 e. The van der Waals surface area contributed by atoms with Crippen molar-refractivity contribution in [3.8, 4) is 0 Å². The first-order valence-corrected chi connectivity index (χ1v) is 18.1. The molecule has 41 heavy (non-hydrogen) atoms. The number of hydrogen-bond donors (Lipinski definition) is 3. The number of nitrogens with one attached hydrogen (secondary N) is 1. The molecule has 0 aromatic rings. The zero-order valence-corrected chi connectivity index (χ0v) is 27.6. The third kappa shape index (κ3) is 30.1. The molecular weight excluding hydrogens is 506 g/mol. The first kappa shape index (κ1) is 39.9. The number of carbonyl (C=O) groups excluding carboxylic acids is 1. The topological polar surface area (TPSA) is 69.6 Å². The van der Waals surface area contributed by atoms with E-state index in [1.807, 2.05) is 6.08 Å². The van der Waals surface area contributed by atoms with Crippen molar-refractivity contribution in [2.45, 2.75) is 199 Å². The van der Waals surface area contributed by atoms with Crippen molar-refractivity contribution >= 4 is 5.91 Å². The molecule has 0 aromatic heterocycles. The first-order chi connectivity index (χ1) is 20.2. The monoisotopic (exact) mass is 578 g/mol. The average Bonchev–Trinajstić information content (AvgIpc) is 2.97. The van der Waals surface area contributed by atoms with Gasteiger partial charge in [0.2, 0.25) is 5.91 Å². The summed E-state index contributed by atoms with van der Waals surface area (Å²) < 4.78 is 0. The van der Waals surface area contributed by atoms with Crippen LogP contribution in [-0.4, -0.2) is 34.9 Å². The lowest BCUT2D eigenvalue weighted by Crippen LogP contribution is -2.45. The second kappa shape index (κ2) is 33.4. The summed E-state index contributed by atoms with van der Waals surface area (Å²) in [6, 6.07) is -0.621. The molecule has 0 rings (SSSR count). The third-order valence-electron chi connectivity index (χ3n) is 8.18. The summed E-state index contributed by atoms with van der Waals surface area (Å²) in [6.07, 6.45) is 41.1. The van der Waals surface area contributed by atoms with Crippen LogP contribution in [0.25, 0.3) is 0 Å². The molecule has 1 amide bonds. The second-order valence-corrected chi connectivity index (χ2v) is 12.3. The molecule has 2 atom stereocenters. The van der Waals surface area contributed by atoms with Gasteiger partial charge in [-0.3, -0.25) is 4.79 Å². The summed E-state index contributed by atoms with van der Waals surface area (Å²) in [6.45, 7) is 4.28. The molecule has 0 radical (unpaired) electrons. The Labute approximate surface area is 256 Å². The van der Waals surface area contributed by atoms with Crippen molar-refractivity contribution in [1.82, 2.24) is 5.32 Å². The van der Waals surface area contributed by atoms with Gasteiger partial charge >= 0.3 is 0 Å². The lowest BCUT2D eigenvalue weighted by atomic mass is 10.0. The van der Waals surface area contributed by atoms with Crippen molar-refractivity contribution in [3.63, 3.8) is 0 Å². The predicted octanol–water partition coefficient (Wildman–Crippen LogP) is 10.5. The highest BCUT2D eigenvalue weighted by atomic mass is 16.3. The number of hydrogen-bond acceptors (Lipinski definition) is 3. The van der Waals surface area contributed by atoms with Crippen molar-refractivity contribution < 1.29 is 15.0 Å². The molecule has 4 nitrogen and oxygen atoms in total. The Balaban J connectivity index is 3.64. The Bertz CT molecular complexity index is 589. The van der Waals surface area contributed by atoms with Crippen LogP contribution in [-0.2, 0) is 4.79 Å². The Hall–Kier alpha value is -1.13. The van der Waals surface area contributed by atoms with E-state index in [0.29, 0.717) is 6.42 Å². The summed E-state index contributed by atoms with van der Waals surface area (Å²) in [4.78, 5) is 12.3. The van der Waals surface area contributed by atoms with E-state index in [2.05, 4.69) is 31.3 Å². The van der Waals surface area contributed by atoms with Gasteiger partial charge in [-0.2, -0.15) is 0 Å². The van der Waals surface area contributed by atoms with Crippen LogP contribution < -0.4 is 5.32 Å². The van der Waals surface area contributed by atoms with Crippen molar-refractivity contribution in [2.75, 3.05) is 6.61 Å². The summed E-state index contributed by atoms with van der Waals surface area (Å²) >= 11 is 0. The van der Waals surface area contributed by atoms with E-state index in [1.54, 1.807) is 6.08 Å². The molecule has 0 saturated heterocycles. The van der Waals surface area contributed by atoms with Gasteiger partial charge in [-0.1, -0.05) is 160 Å². The van der Waals surface area contributed by atoms with Gasteiger partial charge in [-0.15, -0.1) is 0 Å². The Morgan fingerprint density at radius 1 is 0.561 bits per heavy atom. The van der Waals surface area contributed by atoms with Crippen LogP contribution >= 0.6 is 0 Å². The van der Waals surface area contributed by atoms with Crippen molar-refractivity contribution in [3.05, 3.63) is 24.3 Å². The Morgan fingerprint density at radius 2 is 0.927 bits per heavy atom. The molecule has 0 heterocycles. The lowest BCUT2D eigenvalue weighted by molar-refractivity contribution is -0.123. The van der Waals surface area contributed by atoms with Crippen molar-refractivity contribution in [2.24, 2.45) is 0 Å². The van der Waals surface area contributed by atoms with E-state index in [1.165, 1.54) is 135 Å². The highest BCUT2D eigenvalue weighted by Gasteiger charge is 2.17. The van der Waals surface area contributed by atoms with Gasteiger partial charge in [0.25, 0.3) is 0 Å². The lowest BCUT2D eigenvalue weighted by Gasteiger charge is -2.20. The highest BCUT2D eigenvalue weighted by molar-refractivity contribution is 5.76. The fraction of sp³-hybridized carbons (Fsp3) is 0.865. The second-order valence-electron chi connectivity index (χ2n) is 12.3. The maximum absolute atomic E-state index is 12.3. The van der Waals surface area contributed by atoms with E-state index < -0.39 is 12.1 Å². The van der Waals surface area contributed by atoms with E-state index in [9.17, 15) is 15.0 Å². The van der Waals surface area contributed by atoms with Crippen LogP contribution in [0, 0.1) is 0 Å². The standard InChI is InChI=1S/C37H71NO3/c1-3-5-7-9-11-13-15-17-19-20-22-24-26-28-30-32-36(40)35(34-39)38-37(41)33-31-29-27-25-23-21-18-16-14-12-10-8-6-4-2/h16,18,30,32,35-36,39-40H,3-15,17,19-29,31,33-34H2,1-2H3,(H,38,41)/b18-16+,32-30+/t35-,36+/m0/s1. The zero-order chi connectivity index (χ0) is 30.1. The zero-order valence-electron chi connectivity index (χ0n) is 27.6. The van der Waals surface area contributed by atoms with Crippen LogP contribution in [0.4, 0.5) is 0 Å². The van der Waals surface area contributed by atoms with Crippen molar-refractivity contribution in [1.29, 1.82) is 0 Å². The molecule has 0 bridgehead atoms. The molecule has 0 aliphatic carbocycles. The maximum Gasteiger partial charge on any atom is 0.220 e. The van der Waals surface area contributed by atoms with Crippen LogP contribution in [0.3, 0.4) is 0 Å². The van der Waals surface area contributed by atoms with Crippen LogP contribution in [0.1, 0.15) is 187 Å². The smallest absolute Gasteiger partial charge is 0.220 e. The minimum atomic E-state index is -0.838. The number of aliphatic hydroxyl groups excluding tert-OH is 2. The Kier molecular flexibility index (Phi) is 32.5. The molecule has 0 aliphatic rings. The van der Waals surface area contributed by atoms with Gasteiger partial charge in [0.05, 0.1) is 18.8 Å². The van der Waals surface area contributed by atoms with Crippen LogP contribution in [0.15, 0.2) is 24.3 Å². The minimum absolute atomic E-state index is 0.0742. The average molecular weight is 578 g/mol. The molecule has 0 aliphatic heterocycles. The summed E-state index contributed by atoms with van der Waals surface area (Å²) in [7, 11) is 0. The van der Waals surface area contributed by atoms with Gasteiger partial charge in [0.15, 0.2) is 0 Å². The molecule has 0 aromatic carbocycles. The highest BCUT2D eigenvalue weighted by Crippen LogP contribution is 2.14. The van der Waals surface area contributed by atoms with E-state index in [-0.39, 0.29) is 12.5 Å². The van der Waals surface area contributed by atoms with Crippen LogP contribution in [0.2, 0.25) is 0 Å². The number of rotatable bonds is 32. The number of carbonyl (C=O) groups is 1. The van der Waals surface area contributed by atoms with Crippen LogP contribution in [0.5, 0.6) is 0 Å². The fourth-order valence-corrected chi connectivity index (χ4v) is 5.35. The maximum atomic E-state index is 12.3. The molecule has 3 N–H and O–H groups in total. The predicted molar refractivity (Wildman–Crippen MR) is 179 cm³/mol. The molecule has 0 unspecified atom stereocenters. The molecule has 0 spiro atoms. The molecule has 242 valence electrons. The van der Waals surface area contributed by atoms with Gasteiger partial charge in [0.1, 0.15) is 0 Å². The number of aliphatic hydroxyl groups is 2. The third-order valence-corrected chi connectivity index (χ3v) is 8.18. The van der Waals surface area contributed by atoms with Gasteiger partial charge in [-0.05, 0) is 44.9 Å². The van der Waals surface area contributed by atoms with Gasteiger partial charge < -0.3 is 15.5 Å². The number of unbranched alkanes of at least 4 members (excludes halogenated alkanes) is 23. The summed E-state index contributed by atoms with van der Waals surface area (Å²) in [5, 5.41) is 22.9. The van der Waals surface area contributed by atoms with Gasteiger partial charge in [-0.25, -0.2) is 0 Å². The van der Waals surface area contributed by atoms with E-state index in [4.69, 9.17) is 0 Å².